The first-order chi connectivity index (χ1) is 12.9. The summed E-state index contributed by atoms with van der Waals surface area (Å²) in [6, 6.07) is 13.7. The minimum absolute atomic E-state index is 0.0230. The van der Waals surface area contributed by atoms with E-state index in [4.69, 9.17) is 0 Å². The number of hydrogen-bond donors (Lipinski definition) is 1. The number of likely N-dealkylation sites (tertiary alicyclic amines) is 1. The fourth-order valence-electron chi connectivity index (χ4n) is 4.14. The number of nitrogens with zero attached hydrogens (tertiary/aromatic N) is 2. The van der Waals surface area contributed by atoms with Crippen LogP contribution in [-0.2, 0) is 0 Å². The Bertz CT molecular complexity index is 896. The maximum absolute atomic E-state index is 12.8. The molecule has 1 saturated heterocycles. The van der Waals surface area contributed by atoms with Gasteiger partial charge in [-0.05, 0) is 38.1 Å². The highest BCUT2D eigenvalue weighted by molar-refractivity contribution is 6.02. The van der Waals surface area contributed by atoms with Crippen LogP contribution in [0.1, 0.15) is 44.7 Å². The van der Waals surface area contributed by atoms with Gasteiger partial charge in [-0.15, -0.1) is 0 Å². The number of fused-ring (bicyclic) bond motifs is 1. The van der Waals surface area contributed by atoms with Gasteiger partial charge in [0.05, 0.1) is 11.3 Å². The van der Waals surface area contributed by atoms with Gasteiger partial charge in [0.25, 0.3) is 11.8 Å². The first kappa shape index (κ1) is 17.6. The molecule has 2 amide bonds. The molecule has 140 valence electrons. The van der Waals surface area contributed by atoms with Gasteiger partial charge in [0.15, 0.2) is 0 Å². The summed E-state index contributed by atoms with van der Waals surface area (Å²) >= 11 is 0. The lowest BCUT2D eigenvalue weighted by Gasteiger charge is -2.51. The zero-order valence-electron chi connectivity index (χ0n) is 16.1. The number of nitrogens with one attached hydrogen (secondary N) is 1. The van der Waals surface area contributed by atoms with Crippen molar-refractivity contribution in [3.8, 4) is 0 Å². The Hall–Kier alpha value is -2.82. The van der Waals surface area contributed by atoms with Crippen molar-refractivity contribution in [1.29, 1.82) is 0 Å². The predicted molar refractivity (Wildman–Crippen MR) is 106 cm³/mol. The second kappa shape index (κ2) is 6.41. The average molecular weight is 363 g/mol. The van der Waals surface area contributed by atoms with Crippen molar-refractivity contribution in [3.05, 3.63) is 64.7 Å². The van der Waals surface area contributed by atoms with E-state index in [-0.39, 0.29) is 11.8 Å². The molecule has 1 fully saturated rings. The van der Waals surface area contributed by atoms with E-state index in [9.17, 15) is 9.59 Å². The second-order valence-electron chi connectivity index (χ2n) is 7.72. The molecule has 5 nitrogen and oxygen atoms in total. The minimum Gasteiger partial charge on any atom is -0.351 e. The van der Waals surface area contributed by atoms with Crippen LogP contribution in [0.3, 0.4) is 0 Å². The maximum Gasteiger partial charge on any atom is 0.255 e. The third-order valence-corrected chi connectivity index (χ3v) is 5.92. The molecule has 2 heterocycles. The molecule has 2 aromatic rings. The van der Waals surface area contributed by atoms with Gasteiger partial charge < -0.3 is 15.1 Å². The Morgan fingerprint density at radius 2 is 1.63 bits per heavy atom. The molecule has 0 bridgehead atoms. The van der Waals surface area contributed by atoms with Gasteiger partial charge >= 0.3 is 0 Å². The van der Waals surface area contributed by atoms with E-state index in [2.05, 4.69) is 10.2 Å². The summed E-state index contributed by atoms with van der Waals surface area (Å²) in [4.78, 5) is 29.6. The van der Waals surface area contributed by atoms with Gasteiger partial charge in [-0.2, -0.15) is 0 Å². The Morgan fingerprint density at radius 3 is 2.30 bits per heavy atom. The van der Waals surface area contributed by atoms with E-state index in [0.717, 1.165) is 27.9 Å². The molecule has 4 rings (SSSR count). The van der Waals surface area contributed by atoms with Crippen molar-refractivity contribution < 1.29 is 9.59 Å². The monoisotopic (exact) mass is 363 g/mol. The van der Waals surface area contributed by atoms with Gasteiger partial charge in [0, 0.05) is 38.5 Å². The van der Waals surface area contributed by atoms with Crippen molar-refractivity contribution in [3.63, 3.8) is 0 Å². The van der Waals surface area contributed by atoms with Crippen molar-refractivity contribution in [2.24, 2.45) is 0 Å². The molecule has 0 radical (unpaired) electrons. The number of anilines is 1. The van der Waals surface area contributed by atoms with E-state index in [1.807, 2.05) is 68.3 Å². The number of benzene rings is 2. The van der Waals surface area contributed by atoms with Crippen LogP contribution in [0.5, 0.6) is 0 Å². The van der Waals surface area contributed by atoms with E-state index in [1.54, 1.807) is 0 Å². The number of rotatable bonds is 1. The molecule has 2 aliphatic heterocycles. The first-order valence-electron chi connectivity index (χ1n) is 9.43. The zero-order chi connectivity index (χ0) is 19.2. The summed E-state index contributed by atoms with van der Waals surface area (Å²) < 4.78 is 0. The van der Waals surface area contributed by atoms with Gasteiger partial charge in [-0.3, -0.25) is 9.59 Å². The lowest BCUT2D eigenvalue weighted by molar-refractivity contribution is 0.0609. The average Bonchev–Trinajstić information content (AvgIpc) is 2.67. The molecule has 27 heavy (non-hydrogen) atoms. The highest BCUT2D eigenvalue weighted by Gasteiger charge is 2.44. The molecule has 0 unspecified atom stereocenters. The number of carbonyl (C=O) groups excluding carboxylic acids is 2. The summed E-state index contributed by atoms with van der Waals surface area (Å²) in [5, 5.41) is 3.22. The molecular weight excluding hydrogens is 338 g/mol. The van der Waals surface area contributed by atoms with Gasteiger partial charge in [-0.1, -0.05) is 29.3 Å². The van der Waals surface area contributed by atoms with Crippen molar-refractivity contribution >= 4 is 17.5 Å². The molecule has 0 aromatic heterocycles. The molecule has 2 aliphatic rings. The van der Waals surface area contributed by atoms with Crippen LogP contribution in [0.2, 0.25) is 0 Å². The highest BCUT2D eigenvalue weighted by atomic mass is 16.2. The Kier molecular flexibility index (Phi) is 4.17. The molecule has 1 N–H and O–H groups in total. The van der Waals surface area contributed by atoms with E-state index in [0.29, 0.717) is 25.9 Å². The van der Waals surface area contributed by atoms with Gasteiger partial charge in [-0.25, -0.2) is 0 Å². The topological polar surface area (TPSA) is 52.7 Å². The fraction of sp³-hybridized carbons (Fsp3) is 0.364. The maximum atomic E-state index is 12.8. The quantitative estimate of drug-likeness (QED) is 0.847. The van der Waals surface area contributed by atoms with E-state index >= 15 is 0 Å². The van der Waals surface area contributed by atoms with Crippen molar-refractivity contribution in [2.75, 3.05) is 25.0 Å². The Morgan fingerprint density at radius 1 is 1.00 bits per heavy atom. The molecule has 5 heteroatoms. The summed E-state index contributed by atoms with van der Waals surface area (Å²) in [5.74, 6) is 0.0378. The smallest absolute Gasteiger partial charge is 0.255 e. The Balaban J connectivity index is 1.53. The molecule has 0 aliphatic carbocycles. The summed E-state index contributed by atoms with van der Waals surface area (Å²) in [6.07, 6.45) is 1.42. The number of piperidine rings is 1. The lowest BCUT2D eigenvalue weighted by atomic mass is 9.90. The highest BCUT2D eigenvalue weighted by Crippen LogP contribution is 2.36. The number of hydrogen-bond acceptors (Lipinski definition) is 3. The lowest BCUT2D eigenvalue weighted by Crippen LogP contribution is -2.67. The fourth-order valence-corrected chi connectivity index (χ4v) is 4.14. The van der Waals surface area contributed by atoms with Crippen molar-refractivity contribution in [1.82, 2.24) is 10.2 Å². The first-order valence-corrected chi connectivity index (χ1v) is 9.43. The van der Waals surface area contributed by atoms with Gasteiger partial charge in [0.1, 0.15) is 5.66 Å². The van der Waals surface area contributed by atoms with Crippen LogP contribution in [0, 0.1) is 13.8 Å². The molecule has 0 atom stereocenters. The number of carbonyl (C=O) groups is 2. The number of aryl methyl sites for hydroxylation is 2. The predicted octanol–water partition coefficient (Wildman–Crippen LogP) is 3.12. The third-order valence-electron chi connectivity index (χ3n) is 5.92. The SMILES string of the molecule is Cc1ccc(C(=O)N2CCC3(CC2)NC(=O)c2cc(C)ccc2N3C)cc1. The molecule has 2 aromatic carbocycles. The summed E-state index contributed by atoms with van der Waals surface area (Å²) in [5.41, 5.74) is 4.20. The normalized spacial score (nSPS) is 18.3. The number of amides is 2. The summed E-state index contributed by atoms with van der Waals surface area (Å²) in [6.45, 7) is 5.25. The van der Waals surface area contributed by atoms with Crippen molar-refractivity contribution in [2.45, 2.75) is 32.4 Å². The van der Waals surface area contributed by atoms with E-state index in [1.165, 1.54) is 0 Å². The van der Waals surface area contributed by atoms with E-state index < -0.39 is 5.66 Å². The molecule has 1 spiro atoms. The standard InChI is InChI=1S/C22H25N3O2/c1-15-4-7-17(8-5-15)21(27)25-12-10-22(11-13-25)23-20(26)18-14-16(2)6-9-19(18)24(22)3/h4-9,14H,10-13H2,1-3H3,(H,23,26). The third kappa shape index (κ3) is 2.97. The van der Waals surface area contributed by atoms with Crippen LogP contribution >= 0.6 is 0 Å². The Labute approximate surface area is 160 Å². The van der Waals surface area contributed by atoms with Crippen LogP contribution in [-0.4, -0.2) is 42.5 Å². The molecular formula is C22H25N3O2. The van der Waals surface area contributed by atoms with Crippen LogP contribution in [0.4, 0.5) is 5.69 Å². The zero-order valence-corrected chi connectivity index (χ0v) is 16.1. The van der Waals surface area contributed by atoms with Crippen LogP contribution < -0.4 is 10.2 Å². The molecule has 0 saturated carbocycles. The van der Waals surface area contributed by atoms with Crippen LogP contribution in [0.25, 0.3) is 0 Å². The minimum atomic E-state index is -0.427. The summed E-state index contributed by atoms with van der Waals surface area (Å²) in [7, 11) is 2.03. The largest absolute Gasteiger partial charge is 0.351 e. The van der Waals surface area contributed by atoms with Gasteiger partial charge in [0.2, 0.25) is 0 Å². The second-order valence-corrected chi connectivity index (χ2v) is 7.72. The van der Waals surface area contributed by atoms with Crippen LogP contribution in [0.15, 0.2) is 42.5 Å².